The average molecular weight is 252 g/mol. The summed E-state index contributed by atoms with van der Waals surface area (Å²) in [4.78, 5) is 0. The number of halogens is 1. The second-order valence-corrected chi connectivity index (χ2v) is 4.68. The van der Waals surface area contributed by atoms with Gasteiger partial charge in [0.25, 0.3) is 0 Å². The van der Waals surface area contributed by atoms with Crippen LogP contribution in [0.2, 0.25) is 0 Å². The number of nitrogens with one attached hydrogen (secondary N) is 2. The Morgan fingerprint density at radius 2 is 2.11 bits per heavy atom. The highest BCUT2D eigenvalue weighted by Gasteiger charge is 2.19. The summed E-state index contributed by atoms with van der Waals surface area (Å²) in [5.41, 5.74) is 0.917. The summed E-state index contributed by atoms with van der Waals surface area (Å²) in [6, 6.07) is 5.41. The molecule has 1 aromatic carbocycles. The third kappa shape index (κ3) is 4.27. The summed E-state index contributed by atoms with van der Waals surface area (Å²) < 4.78 is 18.3. The van der Waals surface area contributed by atoms with Gasteiger partial charge in [0, 0.05) is 19.1 Å². The zero-order valence-corrected chi connectivity index (χ0v) is 10.8. The minimum Gasteiger partial charge on any atom is -0.496 e. The van der Waals surface area contributed by atoms with Crippen LogP contribution in [0.1, 0.15) is 18.4 Å². The predicted molar refractivity (Wildman–Crippen MR) is 70.6 cm³/mol. The van der Waals surface area contributed by atoms with Crippen LogP contribution in [-0.4, -0.2) is 32.8 Å². The van der Waals surface area contributed by atoms with Crippen LogP contribution in [0.3, 0.4) is 0 Å². The molecule has 18 heavy (non-hydrogen) atoms. The van der Waals surface area contributed by atoms with Gasteiger partial charge in [0.05, 0.1) is 7.11 Å². The van der Waals surface area contributed by atoms with Gasteiger partial charge in [-0.05, 0) is 49.6 Å². The molecule has 0 aliphatic heterocycles. The molecule has 1 aliphatic carbocycles. The first-order valence-corrected chi connectivity index (χ1v) is 6.56. The Morgan fingerprint density at radius 1 is 1.28 bits per heavy atom. The van der Waals surface area contributed by atoms with Crippen LogP contribution >= 0.6 is 0 Å². The summed E-state index contributed by atoms with van der Waals surface area (Å²) in [5.74, 6) is 0.551. The van der Waals surface area contributed by atoms with Gasteiger partial charge in [-0.1, -0.05) is 0 Å². The predicted octanol–water partition coefficient (Wildman–Crippen LogP) is 1.72. The van der Waals surface area contributed by atoms with Crippen molar-refractivity contribution in [3.05, 3.63) is 29.6 Å². The number of ether oxygens (including phenoxy) is 1. The molecule has 100 valence electrons. The highest BCUT2D eigenvalue weighted by atomic mass is 19.1. The van der Waals surface area contributed by atoms with Gasteiger partial charge in [-0.2, -0.15) is 0 Å². The Labute approximate surface area is 108 Å². The monoisotopic (exact) mass is 252 g/mol. The third-order valence-electron chi connectivity index (χ3n) is 3.13. The maximum Gasteiger partial charge on any atom is 0.123 e. The lowest BCUT2D eigenvalue weighted by atomic mass is 10.1. The van der Waals surface area contributed by atoms with Gasteiger partial charge in [-0.25, -0.2) is 4.39 Å². The van der Waals surface area contributed by atoms with E-state index in [1.165, 1.54) is 18.9 Å². The summed E-state index contributed by atoms with van der Waals surface area (Å²) >= 11 is 0. The molecule has 0 atom stereocenters. The summed E-state index contributed by atoms with van der Waals surface area (Å²) in [5, 5.41) is 6.79. The van der Waals surface area contributed by atoms with Crippen LogP contribution in [0.5, 0.6) is 5.75 Å². The van der Waals surface area contributed by atoms with Crippen molar-refractivity contribution in [3.63, 3.8) is 0 Å². The van der Waals surface area contributed by atoms with E-state index in [2.05, 4.69) is 10.6 Å². The molecule has 0 aromatic heterocycles. The fraction of sp³-hybridized carbons (Fsp3) is 0.571. The first-order valence-electron chi connectivity index (χ1n) is 6.56. The van der Waals surface area contributed by atoms with Crippen LogP contribution in [0.15, 0.2) is 18.2 Å². The van der Waals surface area contributed by atoms with Crippen LogP contribution in [0.4, 0.5) is 4.39 Å². The summed E-state index contributed by atoms with van der Waals surface area (Å²) in [6.45, 7) is 2.80. The quantitative estimate of drug-likeness (QED) is 0.691. The summed E-state index contributed by atoms with van der Waals surface area (Å²) in [6.07, 6.45) is 3.42. The van der Waals surface area contributed by atoms with Crippen LogP contribution < -0.4 is 15.4 Å². The van der Waals surface area contributed by atoms with Crippen molar-refractivity contribution in [1.82, 2.24) is 10.6 Å². The first kappa shape index (κ1) is 13.3. The van der Waals surface area contributed by atoms with Crippen molar-refractivity contribution in [2.24, 2.45) is 0 Å². The van der Waals surface area contributed by atoms with Gasteiger partial charge >= 0.3 is 0 Å². The van der Waals surface area contributed by atoms with Crippen molar-refractivity contribution in [3.8, 4) is 5.75 Å². The van der Waals surface area contributed by atoms with Crippen molar-refractivity contribution in [1.29, 1.82) is 0 Å². The van der Waals surface area contributed by atoms with Crippen LogP contribution in [0, 0.1) is 5.82 Å². The van der Waals surface area contributed by atoms with E-state index in [4.69, 9.17) is 4.74 Å². The van der Waals surface area contributed by atoms with Gasteiger partial charge in [0.2, 0.25) is 0 Å². The largest absolute Gasteiger partial charge is 0.496 e. The van der Waals surface area contributed by atoms with Crippen molar-refractivity contribution in [2.45, 2.75) is 25.3 Å². The molecule has 3 nitrogen and oxygen atoms in total. The number of hydrogen-bond donors (Lipinski definition) is 2. The van der Waals surface area contributed by atoms with Gasteiger partial charge in [-0.15, -0.1) is 0 Å². The van der Waals surface area contributed by atoms with Crippen LogP contribution in [0.25, 0.3) is 0 Å². The molecule has 4 heteroatoms. The Bertz CT molecular complexity index is 380. The Hall–Kier alpha value is -1.13. The Kier molecular flexibility index (Phi) is 4.96. The molecule has 0 heterocycles. The van der Waals surface area contributed by atoms with Gasteiger partial charge in [0.1, 0.15) is 11.6 Å². The van der Waals surface area contributed by atoms with E-state index >= 15 is 0 Å². The molecule has 0 spiro atoms. The van der Waals surface area contributed by atoms with E-state index in [-0.39, 0.29) is 5.82 Å². The van der Waals surface area contributed by atoms with E-state index in [1.807, 2.05) is 0 Å². The third-order valence-corrected chi connectivity index (χ3v) is 3.13. The number of methoxy groups -OCH3 is 1. The maximum atomic E-state index is 13.1. The fourth-order valence-electron chi connectivity index (χ4n) is 1.94. The highest BCUT2D eigenvalue weighted by molar-refractivity contribution is 5.34. The Morgan fingerprint density at radius 3 is 2.83 bits per heavy atom. The van der Waals surface area contributed by atoms with E-state index in [1.54, 1.807) is 19.2 Å². The van der Waals surface area contributed by atoms with Gasteiger partial charge in [0.15, 0.2) is 0 Å². The topological polar surface area (TPSA) is 33.3 Å². The average Bonchev–Trinajstić information content (AvgIpc) is 3.18. The smallest absolute Gasteiger partial charge is 0.123 e. The van der Waals surface area contributed by atoms with E-state index in [9.17, 15) is 4.39 Å². The molecular weight excluding hydrogens is 231 g/mol. The first-order chi connectivity index (χ1) is 8.79. The van der Waals surface area contributed by atoms with Crippen molar-refractivity contribution < 1.29 is 9.13 Å². The summed E-state index contributed by atoms with van der Waals surface area (Å²) in [7, 11) is 1.61. The van der Waals surface area contributed by atoms with Crippen molar-refractivity contribution >= 4 is 0 Å². The normalized spacial score (nSPS) is 14.8. The zero-order chi connectivity index (χ0) is 12.8. The molecule has 0 radical (unpaired) electrons. The molecule has 1 aliphatic rings. The van der Waals surface area contributed by atoms with E-state index in [0.29, 0.717) is 0 Å². The molecule has 0 unspecified atom stereocenters. The molecule has 0 amide bonds. The SMILES string of the molecule is COc1ccc(F)cc1CCNCCNC1CC1. The number of benzene rings is 1. The Balaban J connectivity index is 1.66. The molecule has 0 saturated heterocycles. The minimum atomic E-state index is -0.207. The fourth-order valence-corrected chi connectivity index (χ4v) is 1.94. The van der Waals surface area contributed by atoms with E-state index < -0.39 is 0 Å². The molecule has 2 N–H and O–H groups in total. The molecule has 0 bridgehead atoms. The number of hydrogen-bond acceptors (Lipinski definition) is 3. The maximum absolute atomic E-state index is 13.1. The molecule has 1 saturated carbocycles. The lowest BCUT2D eigenvalue weighted by molar-refractivity contribution is 0.407. The molecule has 1 fully saturated rings. The van der Waals surface area contributed by atoms with Gasteiger partial charge < -0.3 is 15.4 Å². The lowest BCUT2D eigenvalue weighted by Gasteiger charge is -2.09. The zero-order valence-electron chi connectivity index (χ0n) is 10.8. The molecule has 1 aromatic rings. The standard InChI is InChI=1S/C14H21FN2O/c1-18-14-5-2-12(15)10-11(14)6-7-16-8-9-17-13-3-4-13/h2,5,10,13,16-17H,3-4,6-9H2,1H3. The molecule has 2 rings (SSSR count). The second kappa shape index (κ2) is 6.71. The lowest BCUT2D eigenvalue weighted by Crippen LogP contribution is -2.29. The highest BCUT2D eigenvalue weighted by Crippen LogP contribution is 2.19. The number of rotatable bonds is 8. The second-order valence-electron chi connectivity index (χ2n) is 4.68. The molecular formula is C14H21FN2O. The van der Waals surface area contributed by atoms with Crippen molar-refractivity contribution in [2.75, 3.05) is 26.7 Å². The van der Waals surface area contributed by atoms with Gasteiger partial charge in [-0.3, -0.25) is 0 Å². The van der Waals surface area contributed by atoms with Crippen LogP contribution in [-0.2, 0) is 6.42 Å². The van der Waals surface area contributed by atoms with E-state index in [0.717, 1.165) is 43.4 Å². The minimum absolute atomic E-state index is 0.207.